The average molecular weight is 284 g/mol. The number of rotatable bonds is 4. The van der Waals surface area contributed by atoms with E-state index in [4.69, 9.17) is 5.73 Å². The highest BCUT2D eigenvalue weighted by molar-refractivity contribution is 5.92. The molecule has 0 bridgehead atoms. The van der Waals surface area contributed by atoms with Gasteiger partial charge in [-0.3, -0.25) is 9.89 Å². The molecule has 1 aromatic heterocycles. The Labute approximate surface area is 123 Å². The second kappa shape index (κ2) is 5.69. The van der Waals surface area contributed by atoms with Gasteiger partial charge in [-0.1, -0.05) is 25.0 Å². The number of aromatic amines is 1. The highest BCUT2D eigenvalue weighted by Gasteiger charge is 2.31. The van der Waals surface area contributed by atoms with E-state index in [0.29, 0.717) is 6.42 Å². The van der Waals surface area contributed by atoms with Crippen LogP contribution < -0.4 is 11.1 Å². The van der Waals surface area contributed by atoms with E-state index in [1.807, 2.05) is 30.3 Å². The summed E-state index contributed by atoms with van der Waals surface area (Å²) in [6.45, 7) is 0. The fraction of sp³-hybridized carbons (Fsp3) is 0.375. The number of carbonyl (C=O) groups excluding carboxylic acids is 1. The number of anilines is 1. The molecule has 2 aromatic rings. The Bertz CT molecular complexity index is 615. The van der Waals surface area contributed by atoms with Gasteiger partial charge in [-0.15, -0.1) is 0 Å². The van der Waals surface area contributed by atoms with Gasteiger partial charge in [0.25, 0.3) is 0 Å². The van der Waals surface area contributed by atoms with E-state index in [-0.39, 0.29) is 11.4 Å². The first kappa shape index (κ1) is 13.8. The summed E-state index contributed by atoms with van der Waals surface area (Å²) >= 11 is 0. The van der Waals surface area contributed by atoms with E-state index in [0.717, 1.165) is 42.6 Å². The molecule has 0 spiro atoms. The first-order valence-corrected chi connectivity index (χ1v) is 7.33. The molecule has 5 heteroatoms. The van der Waals surface area contributed by atoms with Gasteiger partial charge in [-0.2, -0.15) is 5.10 Å². The summed E-state index contributed by atoms with van der Waals surface area (Å²) in [6, 6.07) is 9.61. The fourth-order valence-electron chi connectivity index (χ4n) is 2.96. The summed E-state index contributed by atoms with van der Waals surface area (Å²) in [7, 11) is 0. The zero-order valence-corrected chi connectivity index (χ0v) is 11.9. The molecule has 0 saturated heterocycles. The third kappa shape index (κ3) is 3.31. The molecule has 0 aliphatic heterocycles. The second-order valence-electron chi connectivity index (χ2n) is 5.85. The van der Waals surface area contributed by atoms with Crippen LogP contribution in [0.3, 0.4) is 0 Å². The van der Waals surface area contributed by atoms with Gasteiger partial charge < -0.3 is 11.1 Å². The monoisotopic (exact) mass is 284 g/mol. The van der Waals surface area contributed by atoms with Crippen molar-refractivity contribution in [2.24, 2.45) is 5.73 Å². The van der Waals surface area contributed by atoms with E-state index < -0.39 is 0 Å². The lowest BCUT2D eigenvalue weighted by Crippen LogP contribution is -2.40. The number of H-pyrrole nitrogens is 1. The number of carbonyl (C=O) groups is 1. The van der Waals surface area contributed by atoms with Crippen LogP contribution in [-0.4, -0.2) is 21.6 Å². The number of aromatic nitrogens is 2. The van der Waals surface area contributed by atoms with E-state index in [9.17, 15) is 4.79 Å². The standard InChI is InChI=1S/C16H20N4O/c17-16(7-1-2-8-16)11-15(21)19-13-5-3-4-12(10-13)14-6-9-18-20-14/h3-6,9-10H,1-2,7-8,11,17H2,(H,18,20)(H,19,21). The molecule has 1 aliphatic carbocycles. The van der Waals surface area contributed by atoms with Gasteiger partial charge in [-0.05, 0) is 31.0 Å². The van der Waals surface area contributed by atoms with Gasteiger partial charge in [0.2, 0.25) is 5.91 Å². The van der Waals surface area contributed by atoms with Crippen LogP contribution in [0.15, 0.2) is 36.5 Å². The minimum Gasteiger partial charge on any atom is -0.326 e. The third-order valence-corrected chi connectivity index (χ3v) is 4.07. The number of benzene rings is 1. The predicted molar refractivity (Wildman–Crippen MR) is 82.7 cm³/mol. The molecule has 1 saturated carbocycles. The Morgan fingerprint density at radius 2 is 2.14 bits per heavy atom. The Morgan fingerprint density at radius 3 is 2.86 bits per heavy atom. The predicted octanol–water partition coefficient (Wildman–Crippen LogP) is 2.68. The van der Waals surface area contributed by atoms with Crippen molar-refractivity contribution < 1.29 is 4.79 Å². The molecule has 4 N–H and O–H groups in total. The normalized spacial score (nSPS) is 16.8. The molecular weight excluding hydrogens is 264 g/mol. The number of nitrogens with two attached hydrogens (primary N) is 1. The molecule has 21 heavy (non-hydrogen) atoms. The van der Waals surface area contributed by atoms with Crippen LogP contribution in [0.5, 0.6) is 0 Å². The molecule has 3 rings (SSSR count). The zero-order valence-electron chi connectivity index (χ0n) is 11.9. The van der Waals surface area contributed by atoms with Crippen LogP contribution in [-0.2, 0) is 4.79 Å². The van der Waals surface area contributed by atoms with Crippen molar-refractivity contribution in [1.82, 2.24) is 10.2 Å². The van der Waals surface area contributed by atoms with Gasteiger partial charge in [0.05, 0.1) is 5.69 Å². The Morgan fingerprint density at radius 1 is 1.33 bits per heavy atom. The minimum absolute atomic E-state index is 0.0128. The Hall–Kier alpha value is -2.14. The second-order valence-corrected chi connectivity index (χ2v) is 5.85. The smallest absolute Gasteiger partial charge is 0.226 e. The summed E-state index contributed by atoms with van der Waals surface area (Å²) in [5, 5.41) is 9.80. The van der Waals surface area contributed by atoms with E-state index in [1.54, 1.807) is 6.20 Å². The zero-order chi connectivity index (χ0) is 14.7. The topological polar surface area (TPSA) is 83.8 Å². The molecule has 0 atom stereocenters. The van der Waals surface area contributed by atoms with Crippen molar-refractivity contribution in [3.63, 3.8) is 0 Å². The molecule has 110 valence electrons. The van der Waals surface area contributed by atoms with Gasteiger partial charge in [-0.25, -0.2) is 0 Å². The van der Waals surface area contributed by atoms with Crippen LogP contribution >= 0.6 is 0 Å². The van der Waals surface area contributed by atoms with Crippen molar-refractivity contribution in [1.29, 1.82) is 0 Å². The van der Waals surface area contributed by atoms with Crippen LogP contribution in [0.1, 0.15) is 32.1 Å². The maximum Gasteiger partial charge on any atom is 0.226 e. The maximum atomic E-state index is 12.2. The average Bonchev–Trinajstić information content (AvgIpc) is 3.10. The van der Waals surface area contributed by atoms with Gasteiger partial charge in [0, 0.05) is 29.4 Å². The van der Waals surface area contributed by atoms with Gasteiger partial charge in [0.15, 0.2) is 0 Å². The van der Waals surface area contributed by atoms with Gasteiger partial charge >= 0.3 is 0 Å². The fourth-order valence-corrected chi connectivity index (χ4v) is 2.96. The summed E-state index contributed by atoms with van der Waals surface area (Å²) < 4.78 is 0. The quantitative estimate of drug-likeness (QED) is 0.807. The summed E-state index contributed by atoms with van der Waals surface area (Å²) in [5.41, 5.74) is 8.64. The maximum absolute atomic E-state index is 12.2. The van der Waals surface area contributed by atoms with E-state index >= 15 is 0 Å². The summed E-state index contributed by atoms with van der Waals surface area (Å²) in [4.78, 5) is 12.2. The molecule has 0 radical (unpaired) electrons. The number of amides is 1. The molecular formula is C16H20N4O. The molecule has 1 amide bonds. The lowest BCUT2D eigenvalue weighted by molar-refractivity contribution is -0.117. The van der Waals surface area contributed by atoms with Crippen LogP contribution in [0, 0.1) is 0 Å². The molecule has 1 heterocycles. The van der Waals surface area contributed by atoms with Crippen LogP contribution in [0.25, 0.3) is 11.3 Å². The van der Waals surface area contributed by atoms with Crippen molar-refractivity contribution in [3.05, 3.63) is 36.5 Å². The van der Waals surface area contributed by atoms with Crippen molar-refractivity contribution >= 4 is 11.6 Å². The summed E-state index contributed by atoms with van der Waals surface area (Å²) in [6.07, 6.45) is 6.22. The third-order valence-electron chi connectivity index (χ3n) is 4.07. The first-order valence-electron chi connectivity index (χ1n) is 7.33. The Balaban J connectivity index is 1.67. The van der Waals surface area contributed by atoms with E-state index in [2.05, 4.69) is 15.5 Å². The van der Waals surface area contributed by atoms with Crippen LogP contribution in [0.4, 0.5) is 5.69 Å². The highest BCUT2D eigenvalue weighted by Crippen LogP contribution is 2.30. The number of nitrogens with one attached hydrogen (secondary N) is 2. The van der Waals surface area contributed by atoms with E-state index in [1.165, 1.54) is 0 Å². The van der Waals surface area contributed by atoms with Crippen LogP contribution in [0.2, 0.25) is 0 Å². The molecule has 1 aliphatic rings. The van der Waals surface area contributed by atoms with Crippen molar-refractivity contribution in [3.8, 4) is 11.3 Å². The largest absolute Gasteiger partial charge is 0.326 e. The highest BCUT2D eigenvalue weighted by atomic mass is 16.1. The number of hydrogen-bond acceptors (Lipinski definition) is 3. The van der Waals surface area contributed by atoms with Crippen molar-refractivity contribution in [2.75, 3.05) is 5.32 Å². The first-order chi connectivity index (χ1) is 10.1. The summed E-state index contributed by atoms with van der Waals surface area (Å²) in [5.74, 6) is -0.0128. The molecule has 0 unspecified atom stereocenters. The molecule has 5 nitrogen and oxygen atoms in total. The molecule has 1 aromatic carbocycles. The lowest BCUT2D eigenvalue weighted by Gasteiger charge is -2.22. The minimum atomic E-state index is -0.314. The molecule has 1 fully saturated rings. The SMILES string of the molecule is NC1(CC(=O)Nc2cccc(-c3ccn[nH]3)c2)CCCC1. The number of nitrogens with zero attached hydrogens (tertiary/aromatic N) is 1. The van der Waals surface area contributed by atoms with Crippen molar-refractivity contribution in [2.45, 2.75) is 37.6 Å². The van der Waals surface area contributed by atoms with Gasteiger partial charge in [0.1, 0.15) is 0 Å². The Kier molecular flexibility index (Phi) is 3.75. The lowest BCUT2D eigenvalue weighted by atomic mass is 9.94. The number of hydrogen-bond donors (Lipinski definition) is 3.